The summed E-state index contributed by atoms with van der Waals surface area (Å²) in [6, 6.07) is 0. The highest BCUT2D eigenvalue weighted by atomic mass is 15.1. The van der Waals surface area contributed by atoms with Crippen LogP contribution in [0, 0.1) is 5.92 Å². The van der Waals surface area contributed by atoms with Crippen LogP contribution in [0.15, 0.2) is 12.5 Å². The lowest BCUT2D eigenvalue weighted by atomic mass is 9.96. The number of imidazole rings is 1. The van der Waals surface area contributed by atoms with Crippen molar-refractivity contribution in [2.75, 3.05) is 26.7 Å². The van der Waals surface area contributed by atoms with E-state index in [4.69, 9.17) is 0 Å². The molecule has 1 saturated heterocycles. The topological polar surface area (TPSA) is 33.1 Å². The van der Waals surface area contributed by atoms with E-state index in [0.29, 0.717) is 0 Å². The molecule has 1 aromatic heterocycles. The number of hydrogen-bond acceptors (Lipinski definition) is 3. The second-order valence-electron chi connectivity index (χ2n) is 4.95. The average molecular weight is 236 g/mol. The van der Waals surface area contributed by atoms with Gasteiger partial charge in [-0.15, -0.1) is 0 Å². The van der Waals surface area contributed by atoms with Crippen LogP contribution in [0.5, 0.6) is 0 Å². The zero-order valence-electron chi connectivity index (χ0n) is 11.0. The zero-order chi connectivity index (χ0) is 12.1. The number of nitrogens with zero attached hydrogens (tertiary/aromatic N) is 3. The van der Waals surface area contributed by atoms with E-state index in [1.807, 2.05) is 19.6 Å². The van der Waals surface area contributed by atoms with Crippen molar-refractivity contribution in [3.05, 3.63) is 18.2 Å². The highest BCUT2D eigenvalue weighted by Crippen LogP contribution is 2.19. The van der Waals surface area contributed by atoms with Gasteiger partial charge in [-0.25, -0.2) is 4.98 Å². The van der Waals surface area contributed by atoms with E-state index >= 15 is 0 Å². The summed E-state index contributed by atoms with van der Waals surface area (Å²) in [7, 11) is 1.98. The van der Waals surface area contributed by atoms with Crippen LogP contribution in [0.4, 0.5) is 0 Å². The van der Waals surface area contributed by atoms with Gasteiger partial charge in [0.15, 0.2) is 0 Å². The predicted octanol–water partition coefficient (Wildman–Crippen LogP) is 1.33. The van der Waals surface area contributed by atoms with Gasteiger partial charge >= 0.3 is 0 Å². The van der Waals surface area contributed by atoms with Gasteiger partial charge < -0.3 is 14.8 Å². The molecule has 1 aliphatic rings. The molecule has 0 atom stereocenters. The summed E-state index contributed by atoms with van der Waals surface area (Å²) in [6.45, 7) is 8.01. The Hall–Kier alpha value is -0.870. The van der Waals surface area contributed by atoms with Crippen LogP contribution >= 0.6 is 0 Å². The maximum Gasteiger partial charge on any atom is 0.0948 e. The maximum atomic E-state index is 4.25. The molecule has 0 spiro atoms. The van der Waals surface area contributed by atoms with E-state index < -0.39 is 0 Å². The Morgan fingerprint density at radius 3 is 2.82 bits per heavy atom. The van der Waals surface area contributed by atoms with Gasteiger partial charge in [0.05, 0.1) is 12.0 Å². The van der Waals surface area contributed by atoms with Crippen molar-refractivity contribution >= 4 is 0 Å². The smallest absolute Gasteiger partial charge is 0.0948 e. The molecule has 0 unspecified atom stereocenters. The lowest BCUT2D eigenvalue weighted by molar-refractivity contribution is 0.180. The van der Waals surface area contributed by atoms with Gasteiger partial charge in [-0.1, -0.05) is 6.92 Å². The van der Waals surface area contributed by atoms with Crippen molar-refractivity contribution in [1.82, 2.24) is 19.8 Å². The summed E-state index contributed by atoms with van der Waals surface area (Å²) >= 11 is 0. The molecule has 0 aromatic carbocycles. The minimum absolute atomic E-state index is 0.822. The fourth-order valence-electron chi connectivity index (χ4n) is 2.60. The molecule has 1 aliphatic heterocycles. The van der Waals surface area contributed by atoms with E-state index in [-0.39, 0.29) is 0 Å². The third-order valence-corrected chi connectivity index (χ3v) is 3.77. The Balaban J connectivity index is 1.86. The van der Waals surface area contributed by atoms with Gasteiger partial charge in [0.2, 0.25) is 0 Å². The van der Waals surface area contributed by atoms with Crippen LogP contribution in [0.25, 0.3) is 0 Å². The number of aromatic nitrogens is 2. The molecule has 4 nitrogen and oxygen atoms in total. The van der Waals surface area contributed by atoms with E-state index in [1.165, 1.54) is 38.2 Å². The second kappa shape index (κ2) is 6.17. The minimum Gasteiger partial charge on any atom is -0.333 e. The Labute approximate surface area is 104 Å². The standard InChI is InChI=1S/C13H24N4/c1-3-16-6-4-12(5-7-16)10-17-11-15-9-13(17)8-14-2/h9,11-12,14H,3-8,10H2,1-2H3. The molecule has 0 radical (unpaired) electrons. The SMILES string of the molecule is CCN1CCC(Cn2cncc2CNC)CC1. The normalized spacial score (nSPS) is 18.7. The van der Waals surface area contributed by atoms with Crippen molar-refractivity contribution in [2.45, 2.75) is 32.9 Å². The van der Waals surface area contributed by atoms with Gasteiger partial charge in [0.1, 0.15) is 0 Å². The Kier molecular flexibility index (Phi) is 4.57. The molecule has 17 heavy (non-hydrogen) atoms. The van der Waals surface area contributed by atoms with E-state index in [0.717, 1.165) is 19.0 Å². The van der Waals surface area contributed by atoms with Crippen molar-refractivity contribution in [2.24, 2.45) is 5.92 Å². The minimum atomic E-state index is 0.822. The van der Waals surface area contributed by atoms with Crippen LogP contribution in [0.1, 0.15) is 25.5 Å². The molecule has 2 rings (SSSR count). The van der Waals surface area contributed by atoms with Crippen molar-refractivity contribution in [1.29, 1.82) is 0 Å². The third kappa shape index (κ3) is 3.30. The van der Waals surface area contributed by atoms with E-state index in [1.54, 1.807) is 0 Å². The lowest BCUT2D eigenvalue weighted by Gasteiger charge is -2.31. The summed E-state index contributed by atoms with van der Waals surface area (Å²) in [4.78, 5) is 6.79. The monoisotopic (exact) mass is 236 g/mol. The van der Waals surface area contributed by atoms with Crippen molar-refractivity contribution in [3.8, 4) is 0 Å². The summed E-state index contributed by atoms with van der Waals surface area (Å²) in [6.07, 6.45) is 6.59. The predicted molar refractivity (Wildman–Crippen MR) is 69.8 cm³/mol. The zero-order valence-corrected chi connectivity index (χ0v) is 11.0. The summed E-state index contributed by atoms with van der Waals surface area (Å²) in [5, 5.41) is 3.19. The first-order valence-corrected chi connectivity index (χ1v) is 6.69. The van der Waals surface area contributed by atoms with Gasteiger partial charge in [0, 0.05) is 19.3 Å². The molecule has 1 fully saturated rings. The fraction of sp³-hybridized carbons (Fsp3) is 0.769. The second-order valence-corrected chi connectivity index (χ2v) is 4.95. The number of hydrogen-bond donors (Lipinski definition) is 1. The largest absolute Gasteiger partial charge is 0.333 e. The van der Waals surface area contributed by atoms with Crippen LogP contribution in [-0.4, -0.2) is 41.1 Å². The average Bonchev–Trinajstić information content (AvgIpc) is 2.78. The van der Waals surface area contributed by atoms with E-state index in [9.17, 15) is 0 Å². The third-order valence-electron chi connectivity index (χ3n) is 3.77. The molecule has 0 aliphatic carbocycles. The first-order valence-electron chi connectivity index (χ1n) is 6.69. The molecule has 96 valence electrons. The molecule has 1 N–H and O–H groups in total. The van der Waals surface area contributed by atoms with Gasteiger partial charge in [-0.05, 0) is 45.4 Å². The van der Waals surface area contributed by atoms with Gasteiger partial charge in [0.25, 0.3) is 0 Å². The van der Waals surface area contributed by atoms with E-state index in [2.05, 4.69) is 26.7 Å². The first-order chi connectivity index (χ1) is 8.33. The summed E-state index contributed by atoms with van der Waals surface area (Å²) in [5.74, 6) is 0.822. The highest BCUT2D eigenvalue weighted by molar-refractivity contribution is 4.98. The Bertz CT molecular complexity index is 326. The lowest BCUT2D eigenvalue weighted by Crippen LogP contribution is -2.34. The summed E-state index contributed by atoms with van der Waals surface area (Å²) in [5.41, 5.74) is 1.30. The Morgan fingerprint density at radius 1 is 1.41 bits per heavy atom. The summed E-state index contributed by atoms with van der Waals surface area (Å²) < 4.78 is 2.31. The van der Waals surface area contributed by atoms with Crippen LogP contribution in [-0.2, 0) is 13.1 Å². The van der Waals surface area contributed by atoms with Gasteiger partial charge in [-0.3, -0.25) is 0 Å². The van der Waals surface area contributed by atoms with Crippen LogP contribution in [0.3, 0.4) is 0 Å². The fourth-order valence-corrected chi connectivity index (χ4v) is 2.60. The van der Waals surface area contributed by atoms with Crippen LogP contribution in [0.2, 0.25) is 0 Å². The number of likely N-dealkylation sites (tertiary alicyclic amines) is 1. The molecule has 2 heterocycles. The van der Waals surface area contributed by atoms with Crippen molar-refractivity contribution < 1.29 is 0 Å². The molecule has 0 amide bonds. The molecule has 1 aromatic rings. The number of nitrogens with one attached hydrogen (secondary N) is 1. The number of rotatable bonds is 5. The maximum absolute atomic E-state index is 4.25. The first kappa shape index (κ1) is 12.6. The molecule has 0 bridgehead atoms. The molecule has 0 saturated carbocycles. The Morgan fingerprint density at radius 2 is 2.18 bits per heavy atom. The van der Waals surface area contributed by atoms with Gasteiger partial charge in [-0.2, -0.15) is 0 Å². The number of piperidine rings is 1. The molecule has 4 heteroatoms. The molecular weight excluding hydrogens is 212 g/mol. The van der Waals surface area contributed by atoms with Crippen LogP contribution < -0.4 is 5.32 Å². The molecular formula is C13H24N4. The van der Waals surface area contributed by atoms with Crippen molar-refractivity contribution in [3.63, 3.8) is 0 Å². The highest BCUT2D eigenvalue weighted by Gasteiger charge is 2.18. The quantitative estimate of drug-likeness (QED) is 0.837.